The molecular weight excluding hydrogens is 408 g/mol. The molecule has 2 N–H and O–H groups in total. The molecule has 2 unspecified atom stereocenters. The van der Waals surface area contributed by atoms with Crippen LogP contribution in [0.3, 0.4) is 0 Å². The fourth-order valence-electron chi connectivity index (χ4n) is 5.36. The molecule has 5 atom stereocenters. The average molecular weight is 453 g/mol. The Hall–Kier alpha value is -0.423. The van der Waals surface area contributed by atoms with Crippen LogP contribution in [0, 0.1) is 28.6 Å². The van der Waals surface area contributed by atoms with Crippen molar-refractivity contribution in [1.82, 2.24) is 0 Å². The Balaban J connectivity index is 1.80. The van der Waals surface area contributed by atoms with E-state index in [4.69, 9.17) is 13.9 Å². The molecule has 0 aromatic carbocycles. The van der Waals surface area contributed by atoms with Crippen LogP contribution in [0.15, 0.2) is 0 Å². The summed E-state index contributed by atoms with van der Waals surface area (Å²) >= 11 is 0. The maximum atomic E-state index is 11.5. The van der Waals surface area contributed by atoms with Gasteiger partial charge in [-0.05, 0) is 69.0 Å². The van der Waals surface area contributed by atoms with Crippen molar-refractivity contribution in [1.29, 1.82) is 0 Å². The standard InChI is InChI=1S/C25H44O5Si/c1-21(2,3)31(8,9)29-15-11-20-25(27,17-28-23(6,7)30-20)14-13-24-12-10-18(16-19(24)26)22(24,4)5/h18-20,26-27H,10-12,15-17H2,1-9H3/t18?,19-,20-,24?,25+/m1/s1. The quantitative estimate of drug-likeness (QED) is 0.486. The van der Waals surface area contributed by atoms with E-state index in [0.29, 0.717) is 18.9 Å². The Labute approximate surface area is 190 Å². The molecule has 0 aromatic rings. The third kappa shape index (κ3) is 4.39. The molecule has 2 aliphatic carbocycles. The van der Waals surface area contributed by atoms with Gasteiger partial charge in [-0.25, -0.2) is 0 Å². The zero-order valence-electron chi connectivity index (χ0n) is 21.1. The molecule has 5 nitrogen and oxygen atoms in total. The van der Waals surface area contributed by atoms with Crippen LogP contribution in [-0.2, 0) is 13.9 Å². The van der Waals surface area contributed by atoms with Crippen molar-refractivity contribution in [3.8, 4) is 11.8 Å². The van der Waals surface area contributed by atoms with Gasteiger partial charge in [-0.3, -0.25) is 0 Å². The highest BCUT2D eigenvalue weighted by Gasteiger charge is 2.63. The van der Waals surface area contributed by atoms with Crippen molar-refractivity contribution in [3.05, 3.63) is 0 Å². The minimum atomic E-state index is -1.89. The van der Waals surface area contributed by atoms with Crippen LogP contribution in [0.4, 0.5) is 0 Å². The minimum Gasteiger partial charge on any atom is -0.417 e. The van der Waals surface area contributed by atoms with Crippen LogP contribution < -0.4 is 0 Å². The molecule has 3 aliphatic rings. The Morgan fingerprint density at radius 2 is 1.77 bits per heavy atom. The van der Waals surface area contributed by atoms with Gasteiger partial charge in [0.1, 0.15) is 6.10 Å². The van der Waals surface area contributed by atoms with Gasteiger partial charge in [0.25, 0.3) is 0 Å². The van der Waals surface area contributed by atoms with Gasteiger partial charge in [-0.2, -0.15) is 0 Å². The first-order chi connectivity index (χ1) is 14.0. The van der Waals surface area contributed by atoms with E-state index >= 15 is 0 Å². The lowest BCUT2D eigenvalue weighted by molar-refractivity contribution is -0.322. The van der Waals surface area contributed by atoms with Gasteiger partial charge in [-0.15, -0.1) is 0 Å². The van der Waals surface area contributed by atoms with Crippen LogP contribution in [-0.4, -0.2) is 55.3 Å². The molecule has 3 rings (SSSR count). The highest BCUT2D eigenvalue weighted by Crippen LogP contribution is 2.65. The van der Waals surface area contributed by atoms with Gasteiger partial charge < -0.3 is 24.1 Å². The summed E-state index contributed by atoms with van der Waals surface area (Å²) in [6.45, 7) is 19.9. The molecule has 6 heteroatoms. The van der Waals surface area contributed by atoms with Crippen LogP contribution in [0.2, 0.25) is 18.1 Å². The van der Waals surface area contributed by atoms with E-state index in [1.807, 2.05) is 13.8 Å². The number of aliphatic hydroxyl groups is 2. The number of ether oxygens (including phenoxy) is 2. The second-order valence-electron chi connectivity index (χ2n) is 12.5. The molecule has 1 heterocycles. The summed E-state index contributed by atoms with van der Waals surface area (Å²) in [7, 11) is -1.89. The Morgan fingerprint density at radius 3 is 2.29 bits per heavy atom. The summed E-state index contributed by atoms with van der Waals surface area (Å²) in [5, 5.41) is 22.5. The van der Waals surface area contributed by atoms with Crippen molar-refractivity contribution >= 4 is 8.32 Å². The summed E-state index contributed by atoms with van der Waals surface area (Å²) in [5.74, 6) is 6.25. The fraction of sp³-hybridized carbons (Fsp3) is 0.920. The predicted molar refractivity (Wildman–Crippen MR) is 125 cm³/mol. The van der Waals surface area contributed by atoms with Crippen LogP contribution in [0.25, 0.3) is 0 Å². The normalized spacial score (nSPS) is 39.3. The monoisotopic (exact) mass is 452 g/mol. The molecule has 2 saturated carbocycles. The Kier molecular flexibility index (Phi) is 6.36. The predicted octanol–water partition coefficient (Wildman–Crippen LogP) is 4.47. The summed E-state index contributed by atoms with van der Waals surface area (Å²) in [6, 6.07) is 0. The lowest BCUT2D eigenvalue weighted by atomic mass is 9.68. The molecule has 3 fully saturated rings. The maximum absolute atomic E-state index is 11.5. The third-order valence-electron chi connectivity index (χ3n) is 8.88. The highest BCUT2D eigenvalue weighted by atomic mass is 28.4. The first-order valence-corrected chi connectivity index (χ1v) is 14.8. The lowest BCUT2D eigenvalue weighted by Crippen LogP contribution is -2.57. The second-order valence-corrected chi connectivity index (χ2v) is 17.4. The number of hydrogen-bond acceptors (Lipinski definition) is 5. The second kappa shape index (κ2) is 7.82. The minimum absolute atomic E-state index is 0.0631. The fourth-order valence-corrected chi connectivity index (χ4v) is 6.42. The molecule has 1 saturated heterocycles. The van der Waals surface area contributed by atoms with E-state index in [1.165, 1.54) is 0 Å². The average Bonchev–Trinajstić information content (AvgIpc) is 2.97. The van der Waals surface area contributed by atoms with Crippen LogP contribution in [0.1, 0.15) is 74.1 Å². The summed E-state index contributed by atoms with van der Waals surface area (Å²) < 4.78 is 18.3. The zero-order chi connectivity index (χ0) is 23.5. The largest absolute Gasteiger partial charge is 0.417 e. The zero-order valence-corrected chi connectivity index (χ0v) is 22.1. The number of hydrogen-bond donors (Lipinski definition) is 2. The van der Waals surface area contributed by atoms with E-state index in [0.717, 1.165) is 19.3 Å². The molecule has 178 valence electrons. The van der Waals surface area contributed by atoms with Crippen molar-refractivity contribution in [2.75, 3.05) is 13.2 Å². The van der Waals surface area contributed by atoms with Gasteiger partial charge in [-0.1, -0.05) is 46.5 Å². The van der Waals surface area contributed by atoms with Gasteiger partial charge >= 0.3 is 0 Å². The summed E-state index contributed by atoms with van der Waals surface area (Å²) in [4.78, 5) is 0. The lowest BCUT2D eigenvalue weighted by Gasteiger charge is -2.45. The van der Waals surface area contributed by atoms with E-state index in [9.17, 15) is 10.2 Å². The maximum Gasteiger partial charge on any atom is 0.191 e. The highest BCUT2D eigenvalue weighted by molar-refractivity contribution is 6.74. The van der Waals surface area contributed by atoms with Gasteiger partial charge in [0.15, 0.2) is 19.7 Å². The smallest absolute Gasteiger partial charge is 0.191 e. The molecule has 1 aliphatic heterocycles. The Bertz CT molecular complexity index is 743. The summed E-state index contributed by atoms with van der Waals surface area (Å²) in [6.07, 6.45) is 2.35. The first-order valence-electron chi connectivity index (χ1n) is 11.9. The summed E-state index contributed by atoms with van der Waals surface area (Å²) in [5.41, 5.74) is -1.95. The number of rotatable bonds is 4. The topological polar surface area (TPSA) is 68.2 Å². The van der Waals surface area contributed by atoms with Crippen LogP contribution >= 0.6 is 0 Å². The van der Waals surface area contributed by atoms with Gasteiger partial charge in [0.2, 0.25) is 0 Å². The molecule has 2 bridgehead atoms. The van der Waals surface area contributed by atoms with Crippen molar-refractivity contribution < 1.29 is 24.1 Å². The molecule has 0 aromatic heterocycles. The van der Waals surface area contributed by atoms with Crippen LogP contribution in [0.5, 0.6) is 0 Å². The molecule has 0 radical (unpaired) electrons. The van der Waals surface area contributed by atoms with E-state index < -0.39 is 37.3 Å². The van der Waals surface area contributed by atoms with E-state index in [1.54, 1.807) is 0 Å². The third-order valence-corrected chi connectivity index (χ3v) is 13.4. The molecular formula is C25H44O5Si. The van der Waals surface area contributed by atoms with Crippen molar-refractivity contribution in [2.24, 2.45) is 16.7 Å². The number of fused-ring (bicyclic) bond motifs is 2. The first kappa shape index (κ1) is 25.2. The van der Waals surface area contributed by atoms with Gasteiger partial charge in [0, 0.05) is 6.61 Å². The molecule has 31 heavy (non-hydrogen) atoms. The van der Waals surface area contributed by atoms with E-state index in [2.05, 4.69) is 59.6 Å². The number of aliphatic hydroxyl groups excluding tert-OH is 1. The van der Waals surface area contributed by atoms with Gasteiger partial charge in [0.05, 0.1) is 18.1 Å². The molecule has 0 amide bonds. The Morgan fingerprint density at radius 1 is 1.13 bits per heavy atom. The molecule has 0 spiro atoms. The SMILES string of the molecule is CC1(C)OC[C@@](O)(C#CC23CCC(C[C@H]2O)C3(C)C)[C@@H](CCO[Si](C)(C)C(C)(C)C)O1. The van der Waals surface area contributed by atoms with Crippen molar-refractivity contribution in [2.45, 2.75) is 116 Å². The van der Waals surface area contributed by atoms with E-state index in [-0.39, 0.29) is 17.1 Å². The van der Waals surface area contributed by atoms with Crippen molar-refractivity contribution in [3.63, 3.8) is 0 Å².